The monoisotopic (exact) mass is 573 g/mol. The number of nitrogens with one attached hydrogen (secondary N) is 2. The van der Waals surface area contributed by atoms with Gasteiger partial charge in [-0.25, -0.2) is 4.79 Å². The average molecular weight is 574 g/mol. The Hall–Kier alpha value is -3.95. The largest absolute Gasteiger partial charge is 0.491 e. The van der Waals surface area contributed by atoms with Gasteiger partial charge >= 0.3 is 6.03 Å². The Balaban J connectivity index is 1.58. The first-order valence-electron chi connectivity index (χ1n) is 14.6. The van der Waals surface area contributed by atoms with Gasteiger partial charge in [0.05, 0.1) is 17.4 Å². The van der Waals surface area contributed by atoms with Crippen LogP contribution in [0, 0.1) is 5.92 Å². The van der Waals surface area contributed by atoms with Crippen LogP contribution in [0.15, 0.2) is 66.9 Å². The fraction of sp³-hybridized carbons (Fsp3) is 0.424. The molecule has 0 saturated heterocycles. The Bertz CT molecular complexity index is 1320. The summed E-state index contributed by atoms with van der Waals surface area (Å²) in [7, 11) is 3.48. The van der Waals surface area contributed by atoms with Crippen LogP contribution in [-0.4, -0.2) is 79.3 Å². The summed E-state index contributed by atoms with van der Waals surface area (Å²) in [5.41, 5.74) is 4.22. The number of ether oxygens (including phenoxy) is 2. The first-order valence-corrected chi connectivity index (χ1v) is 14.6. The highest BCUT2D eigenvalue weighted by Gasteiger charge is 2.28. The zero-order chi connectivity index (χ0) is 30.1. The van der Waals surface area contributed by atoms with E-state index in [2.05, 4.69) is 58.6 Å². The summed E-state index contributed by atoms with van der Waals surface area (Å²) in [5.74, 6) is 0.446. The molecule has 0 aliphatic carbocycles. The molecular weight excluding hydrogens is 530 g/mol. The van der Waals surface area contributed by atoms with Crippen molar-refractivity contribution in [1.29, 1.82) is 0 Å². The predicted octanol–water partition coefficient (Wildman–Crippen LogP) is 5.29. The molecule has 0 saturated carbocycles. The average Bonchev–Trinajstić information content (AvgIpc) is 3.01. The molecule has 2 heterocycles. The van der Waals surface area contributed by atoms with Crippen molar-refractivity contribution in [3.05, 3.63) is 78.0 Å². The summed E-state index contributed by atoms with van der Waals surface area (Å²) in [6, 6.07) is 19.3. The summed E-state index contributed by atoms with van der Waals surface area (Å²) in [6.07, 6.45) is 2.50. The van der Waals surface area contributed by atoms with E-state index >= 15 is 0 Å². The number of aromatic nitrogens is 1. The fourth-order valence-electron chi connectivity index (χ4n) is 5.11. The van der Waals surface area contributed by atoms with Gasteiger partial charge in [0.15, 0.2) is 0 Å². The molecule has 4 rings (SSSR count). The minimum absolute atomic E-state index is 0.0324. The van der Waals surface area contributed by atoms with Crippen LogP contribution in [-0.2, 0) is 11.3 Å². The lowest BCUT2D eigenvalue weighted by Crippen LogP contribution is -2.46. The van der Waals surface area contributed by atoms with Gasteiger partial charge in [0.2, 0.25) is 0 Å². The van der Waals surface area contributed by atoms with Crippen molar-refractivity contribution in [2.75, 3.05) is 45.7 Å². The molecule has 2 N–H and O–H groups in total. The van der Waals surface area contributed by atoms with Crippen molar-refractivity contribution in [2.24, 2.45) is 5.92 Å². The molecule has 1 aromatic heterocycles. The first-order chi connectivity index (χ1) is 20.3. The third-order valence-corrected chi connectivity index (χ3v) is 7.67. The molecule has 3 aromatic rings. The molecule has 2 aromatic carbocycles. The summed E-state index contributed by atoms with van der Waals surface area (Å²) in [4.78, 5) is 34.3. The van der Waals surface area contributed by atoms with Crippen LogP contribution < -0.4 is 15.4 Å². The van der Waals surface area contributed by atoms with E-state index in [-0.39, 0.29) is 30.0 Å². The maximum Gasteiger partial charge on any atom is 0.319 e. The Morgan fingerprint density at radius 2 is 1.88 bits per heavy atom. The highest BCUT2D eigenvalue weighted by Crippen LogP contribution is 2.27. The number of methoxy groups -OCH3 is 1. The quantitative estimate of drug-likeness (QED) is 0.399. The molecular formula is C33H43N5O4. The second-order valence-electron chi connectivity index (χ2n) is 11.0. The Labute approximate surface area is 249 Å². The second kappa shape index (κ2) is 14.8. The second-order valence-corrected chi connectivity index (χ2v) is 11.0. The number of nitrogens with zero attached hydrogens (tertiary/aromatic N) is 3. The van der Waals surface area contributed by atoms with E-state index in [1.165, 1.54) is 5.56 Å². The molecule has 9 nitrogen and oxygen atoms in total. The summed E-state index contributed by atoms with van der Waals surface area (Å²) >= 11 is 0. The van der Waals surface area contributed by atoms with Crippen molar-refractivity contribution in [2.45, 2.75) is 45.9 Å². The number of rotatable bonds is 7. The summed E-state index contributed by atoms with van der Waals surface area (Å²) in [5, 5.41) is 5.65. The number of urea groups is 1. The zero-order valence-corrected chi connectivity index (χ0v) is 25.3. The van der Waals surface area contributed by atoms with E-state index in [1.54, 1.807) is 43.5 Å². The normalized spacial score (nSPS) is 20.1. The molecule has 0 bridgehead atoms. The van der Waals surface area contributed by atoms with Crippen LogP contribution in [0.2, 0.25) is 0 Å². The van der Waals surface area contributed by atoms with E-state index in [0.29, 0.717) is 36.7 Å². The van der Waals surface area contributed by atoms with Crippen LogP contribution in [0.4, 0.5) is 10.5 Å². The number of carbonyl (C=O) groups excluding carboxylic acids is 2. The minimum Gasteiger partial charge on any atom is -0.491 e. The molecule has 1 aliphatic heterocycles. The third kappa shape index (κ3) is 8.08. The number of amides is 3. The molecule has 42 heavy (non-hydrogen) atoms. The maximum absolute atomic E-state index is 13.5. The van der Waals surface area contributed by atoms with E-state index in [0.717, 1.165) is 30.8 Å². The van der Waals surface area contributed by atoms with Gasteiger partial charge in [0.25, 0.3) is 5.91 Å². The van der Waals surface area contributed by atoms with Crippen molar-refractivity contribution >= 4 is 17.6 Å². The van der Waals surface area contributed by atoms with Gasteiger partial charge in [-0.05, 0) is 49.1 Å². The van der Waals surface area contributed by atoms with Gasteiger partial charge in [0.1, 0.15) is 12.4 Å². The number of pyridine rings is 1. The summed E-state index contributed by atoms with van der Waals surface area (Å²) in [6.45, 7) is 9.17. The predicted molar refractivity (Wildman–Crippen MR) is 166 cm³/mol. The number of fused-ring (bicyclic) bond motifs is 1. The molecule has 0 unspecified atom stereocenters. The van der Waals surface area contributed by atoms with E-state index in [1.807, 2.05) is 25.1 Å². The van der Waals surface area contributed by atoms with E-state index < -0.39 is 0 Å². The van der Waals surface area contributed by atoms with Crippen LogP contribution in [0.5, 0.6) is 5.75 Å². The molecule has 0 spiro atoms. The maximum atomic E-state index is 13.5. The van der Waals surface area contributed by atoms with Crippen molar-refractivity contribution in [3.63, 3.8) is 0 Å². The lowest BCUT2D eigenvalue weighted by atomic mass is 10.0. The zero-order valence-electron chi connectivity index (χ0n) is 25.3. The van der Waals surface area contributed by atoms with Crippen molar-refractivity contribution in [3.8, 4) is 17.0 Å². The number of benzene rings is 2. The Kier molecular flexibility index (Phi) is 10.9. The number of hydrogen-bond donors (Lipinski definition) is 2. The summed E-state index contributed by atoms with van der Waals surface area (Å²) < 4.78 is 12.2. The van der Waals surface area contributed by atoms with Gasteiger partial charge in [-0.1, -0.05) is 44.2 Å². The highest BCUT2D eigenvalue weighted by atomic mass is 16.5. The number of carbonyl (C=O) groups is 2. The molecule has 0 radical (unpaired) electrons. The van der Waals surface area contributed by atoms with E-state index in [9.17, 15) is 9.59 Å². The number of hydrogen-bond acceptors (Lipinski definition) is 6. The molecule has 3 amide bonds. The SMILES string of the molecule is CCCNC(=O)Nc1ccc2c(c1)OC[C@@H](C)N(Cc1ccc(-c3ccccn3)cc1)C[C@H](C)[C@@H](OC)CN(C)C2=O. The van der Waals surface area contributed by atoms with Crippen LogP contribution in [0.3, 0.4) is 0 Å². The third-order valence-electron chi connectivity index (χ3n) is 7.67. The smallest absolute Gasteiger partial charge is 0.319 e. The van der Waals surface area contributed by atoms with Gasteiger partial charge in [0, 0.05) is 69.9 Å². The molecule has 1 aliphatic rings. The highest BCUT2D eigenvalue weighted by molar-refractivity contribution is 5.98. The van der Waals surface area contributed by atoms with Gasteiger partial charge in [-0.3, -0.25) is 14.7 Å². The Morgan fingerprint density at radius 3 is 2.57 bits per heavy atom. The first kappa shape index (κ1) is 31.0. The van der Waals surface area contributed by atoms with E-state index in [4.69, 9.17) is 9.47 Å². The van der Waals surface area contributed by atoms with Gasteiger partial charge in [-0.2, -0.15) is 0 Å². The van der Waals surface area contributed by atoms with Crippen LogP contribution in [0.1, 0.15) is 43.1 Å². The minimum atomic E-state index is -0.293. The lowest BCUT2D eigenvalue weighted by Gasteiger charge is -2.36. The fourth-order valence-corrected chi connectivity index (χ4v) is 5.11. The van der Waals surface area contributed by atoms with Gasteiger partial charge in [-0.15, -0.1) is 0 Å². The molecule has 0 fully saturated rings. The standard InChI is InChI=1S/C33H43N5O4/c1-6-16-35-33(40)36-27-14-15-28-30(18-27)42-22-24(3)38(19-23(2)31(41-5)21-37(4)32(28)39)20-25-10-12-26(13-11-25)29-9-7-8-17-34-29/h7-15,17-18,23-24,31H,6,16,19-22H2,1-5H3,(H2,35,36,40)/t23-,24+,31-/m0/s1. The van der Waals surface area contributed by atoms with Crippen LogP contribution >= 0.6 is 0 Å². The number of likely N-dealkylation sites (N-methyl/N-ethyl adjacent to an activating group) is 1. The Morgan fingerprint density at radius 1 is 1.10 bits per heavy atom. The lowest BCUT2D eigenvalue weighted by molar-refractivity contribution is 0.00922. The molecule has 9 heteroatoms. The molecule has 3 atom stereocenters. The van der Waals surface area contributed by atoms with Crippen LogP contribution in [0.25, 0.3) is 11.3 Å². The molecule has 224 valence electrons. The van der Waals surface area contributed by atoms with Crippen molar-refractivity contribution in [1.82, 2.24) is 20.1 Å². The van der Waals surface area contributed by atoms with Gasteiger partial charge < -0.3 is 25.0 Å². The number of anilines is 1. The van der Waals surface area contributed by atoms with Crippen molar-refractivity contribution < 1.29 is 19.1 Å². The topological polar surface area (TPSA) is 96.0 Å².